The number of aliphatic hydroxyl groups is 2. The first-order valence-corrected chi connectivity index (χ1v) is 20.1. The molecule has 1 saturated heterocycles. The van der Waals surface area contributed by atoms with Gasteiger partial charge < -0.3 is 34.8 Å². The molecule has 1 unspecified atom stereocenters. The van der Waals surface area contributed by atoms with Crippen molar-refractivity contribution in [2.75, 3.05) is 39.4 Å². The highest BCUT2D eigenvalue weighted by atomic mass is 35.5. The molecule has 1 aromatic heterocycles. The van der Waals surface area contributed by atoms with Gasteiger partial charge in [0, 0.05) is 62.3 Å². The van der Waals surface area contributed by atoms with E-state index in [1.165, 1.54) is 13.1 Å². The highest BCUT2D eigenvalue weighted by Crippen LogP contribution is 2.37. The van der Waals surface area contributed by atoms with Crippen molar-refractivity contribution in [3.05, 3.63) is 141 Å². The van der Waals surface area contributed by atoms with Gasteiger partial charge in [-0.3, -0.25) is 14.7 Å². The van der Waals surface area contributed by atoms with Crippen LogP contribution in [0.25, 0.3) is 11.1 Å². The molecular weight excluding hydrogens is 768 g/mol. The molecule has 4 N–H and O–H groups in total. The van der Waals surface area contributed by atoms with Gasteiger partial charge in [-0.25, -0.2) is 0 Å². The molecule has 0 saturated carbocycles. The molecule has 5 aromatic rings. The van der Waals surface area contributed by atoms with E-state index in [4.69, 9.17) is 25.8 Å². The second-order valence-electron chi connectivity index (χ2n) is 15.4. The van der Waals surface area contributed by atoms with Gasteiger partial charge >= 0.3 is 5.97 Å². The van der Waals surface area contributed by atoms with E-state index >= 15 is 0 Å². The molecule has 1 fully saturated rings. The van der Waals surface area contributed by atoms with Crippen molar-refractivity contribution in [3.8, 4) is 34.4 Å². The van der Waals surface area contributed by atoms with E-state index < -0.39 is 23.6 Å². The molecule has 11 nitrogen and oxygen atoms in total. The smallest absolute Gasteiger partial charge is 0.313 e. The molecule has 0 bridgehead atoms. The molecule has 308 valence electrons. The van der Waals surface area contributed by atoms with Crippen LogP contribution >= 0.6 is 11.6 Å². The van der Waals surface area contributed by atoms with Gasteiger partial charge in [0.05, 0.1) is 23.8 Å². The van der Waals surface area contributed by atoms with E-state index in [9.17, 15) is 25.4 Å². The number of likely N-dealkylation sites (tertiary alicyclic amines) is 1. The number of aliphatic carboxylic acids is 1. The van der Waals surface area contributed by atoms with Crippen molar-refractivity contribution in [2.45, 2.75) is 59.0 Å². The molecule has 1 aliphatic heterocycles. The monoisotopic (exact) mass is 818 g/mol. The molecule has 1 aliphatic rings. The molecule has 2 atom stereocenters. The molecule has 59 heavy (non-hydrogen) atoms. The quantitative estimate of drug-likeness (QED) is 0.0609. The first-order chi connectivity index (χ1) is 28.4. The maximum atomic E-state index is 11.7. The zero-order valence-corrected chi connectivity index (χ0v) is 34.5. The summed E-state index contributed by atoms with van der Waals surface area (Å²) in [6.07, 6.45) is 4.65. The van der Waals surface area contributed by atoms with Gasteiger partial charge in [0.25, 0.3) is 0 Å². The number of nitrogens with one attached hydrogen (secondary N) is 1. The standard InChI is InChI=1S/C47H51ClN4O7/c1-32-36(10-7-13-39(32)40-14-8-15-42(33(40)2)57-19-9-17-52-18-16-47(56,30-52)38-11-5-4-6-12-38)28-59-44-22-43(58-27-35-20-34(23-49)24-50-25-35)37(21-41(44)48)26-51-29-46(3,31-53)45(54)55/h4-8,10-15,20-22,24-25,51,53,56H,9,16-19,26-31H2,1-3H3,(H,54,55)/t46-,47?/m0/s1. The number of halogens is 1. The number of ether oxygens (including phenoxy) is 3. The Hall–Kier alpha value is -5.48. The molecule has 0 radical (unpaired) electrons. The number of carboxylic acid groups (broad SMARTS) is 1. The van der Waals surface area contributed by atoms with Crippen molar-refractivity contribution >= 4 is 17.6 Å². The van der Waals surface area contributed by atoms with Crippen molar-refractivity contribution < 1.29 is 34.3 Å². The normalized spacial score (nSPS) is 16.3. The lowest BCUT2D eigenvalue weighted by molar-refractivity contribution is -0.150. The number of hydrogen-bond acceptors (Lipinski definition) is 10. The van der Waals surface area contributed by atoms with Crippen LogP contribution in [0, 0.1) is 30.6 Å². The van der Waals surface area contributed by atoms with Crippen LogP contribution in [0.15, 0.2) is 97.3 Å². The van der Waals surface area contributed by atoms with E-state index in [0.717, 1.165) is 65.1 Å². The molecule has 0 aliphatic carbocycles. The highest BCUT2D eigenvalue weighted by Gasteiger charge is 2.37. The molecule has 0 amide bonds. The number of aromatic nitrogens is 1. The number of rotatable bonds is 19. The van der Waals surface area contributed by atoms with Gasteiger partial charge in [0.15, 0.2) is 0 Å². The summed E-state index contributed by atoms with van der Waals surface area (Å²) in [6.45, 7) is 8.50. The lowest BCUT2D eigenvalue weighted by Gasteiger charge is -2.24. The molecule has 4 aromatic carbocycles. The van der Waals surface area contributed by atoms with Crippen LogP contribution in [-0.2, 0) is 30.2 Å². The van der Waals surface area contributed by atoms with Gasteiger partial charge in [-0.2, -0.15) is 5.26 Å². The Morgan fingerprint density at radius 3 is 2.42 bits per heavy atom. The number of pyridine rings is 1. The predicted molar refractivity (Wildman–Crippen MR) is 226 cm³/mol. The van der Waals surface area contributed by atoms with Crippen LogP contribution < -0.4 is 19.5 Å². The minimum absolute atomic E-state index is 0.00661. The number of aliphatic hydroxyl groups excluding tert-OH is 1. The largest absolute Gasteiger partial charge is 0.493 e. The highest BCUT2D eigenvalue weighted by molar-refractivity contribution is 6.32. The summed E-state index contributed by atoms with van der Waals surface area (Å²) >= 11 is 6.79. The molecule has 6 rings (SSSR count). The maximum Gasteiger partial charge on any atom is 0.313 e. The zero-order valence-electron chi connectivity index (χ0n) is 33.7. The van der Waals surface area contributed by atoms with Crippen LogP contribution in [0.2, 0.25) is 5.02 Å². The fourth-order valence-electron chi connectivity index (χ4n) is 7.29. The Bertz CT molecular complexity index is 2280. The minimum Gasteiger partial charge on any atom is -0.493 e. The fraction of sp³-hybridized carbons (Fsp3) is 0.340. The van der Waals surface area contributed by atoms with Crippen LogP contribution in [0.4, 0.5) is 0 Å². The minimum atomic E-state index is -1.37. The van der Waals surface area contributed by atoms with Crippen LogP contribution in [0.5, 0.6) is 17.2 Å². The van der Waals surface area contributed by atoms with Crippen LogP contribution in [-0.4, -0.2) is 70.6 Å². The van der Waals surface area contributed by atoms with Crippen LogP contribution in [0.3, 0.4) is 0 Å². The predicted octanol–water partition coefficient (Wildman–Crippen LogP) is 7.58. The molecular formula is C47H51ClN4O7. The Labute approximate surface area is 350 Å². The van der Waals surface area contributed by atoms with Crippen molar-refractivity contribution in [2.24, 2.45) is 5.41 Å². The number of nitrogens with zero attached hydrogens (tertiary/aromatic N) is 3. The Balaban J connectivity index is 1.12. The van der Waals surface area contributed by atoms with Crippen molar-refractivity contribution in [1.82, 2.24) is 15.2 Å². The zero-order chi connectivity index (χ0) is 42.0. The second-order valence-corrected chi connectivity index (χ2v) is 15.8. The lowest BCUT2D eigenvalue weighted by Crippen LogP contribution is -2.41. The third kappa shape index (κ3) is 10.6. The summed E-state index contributed by atoms with van der Waals surface area (Å²) in [7, 11) is 0. The first kappa shape index (κ1) is 43.1. The SMILES string of the molecule is Cc1c(COc2cc(OCc3cncc(C#N)c3)c(CNC[C@@](C)(CO)C(=O)O)cc2Cl)cccc1-c1cccc(OCCCN2CCC(O)(c3ccccc3)C2)c1C. The molecule has 12 heteroatoms. The van der Waals surface area contributed by atoms with Gasteiger partial charge in [-0.05, 0) is 85.2 Å². The Morgan fingerprint density at radius 1 is 0.932 bits per heavy atom. The van der Waals surface area contributed by atoms with Crippen molar-refractivity contribution in [3.63, 3.8) is 0 Å². The number of β-amino-alcohol motifs (C(OH)–C–C–N with tert-alkyl or cyclic N) is 1. The summed E-state index contributed by atoms with van der Waals surface area (Å²) in [5, 5.41) is 43.3. The van der Waals surface area contributed by atoms with E-state index in [1.54, 1.807) is 24.4 Å². The summed E-state index contributed by atoms with van der Waals surface area (Å²) in [4.78, 5) is 18.2. The van der Waals surface area contributed by atoms with Crippen molar-refractivity contribution in [1.29, 1.82) is 5.26 Å². The molecule has 2 heterocycles. The van der Waals surface area contributed by atoms with Gasteiger partial charge in [-0.15, -0.1) is 0 Å². The van der Waals surface area contributed by atoms with Gasteiger partial charge in [0.2, 0.25) is 0 Å². The second kappa shape index (κ2) is 19.5. The Morgan fingerprint density at radius 2 is 1.68 bits per heavy atom. The summed E-state index contributed by atoms with van der Waals surface area (Å²) < 4.78 is 18.9. The summed E-state index contributed by atoms with van der Waals surface area (Å²) in [5.41, 5.74) is 5.73. The number of nitriles is 1. The van der Waals surface area contributed by atoms with E-state index in [1.807, 2.05) is 54.6 Å². The number of carboxylic acids is 1. The topological polar surface area (TPSA) is 157 Å². The average molecular weight is 819 g/mol. The Kier molecular flexibility index (Phi) is 14.3. The summed E-state index contributed by atoms with van der Waals surface area (Å²) in [5.74, 6) is 0.566. The maximum absolute atomic E-state index is 11.7. The molecule has 0 spiro atoms. The fourth-order valence-corrected chi connectivity index (χ4v) is 7.53. The summed E-state index contributed by atoms with van der Waals surface area (Å²) in [6, 6.07) is 29.3. The third-order valence-corrected chi connectivity index (χ3v) is 11.3. The van der Waals surface area contributed by atoms with E-state index in [-0.39, 0.29) is 26.3 Å². The number of hydrogen-bond donors (Lipinski definition) is 4. The van der Waals surface area contributed by atoms with E-state index in [2.05, 4.69) is 47.3 Å². The first-order valence-electron chi connectivity index (χ1n) is 19.7. The number of carbonyl (C=O) groups is 1. The lowest BCUT2D eigenvalue weighted by atomic mass is 9.92. The van der Waals surface area contributed by atoms with E-state index in [0.29, 0.717) is 46.4 Å². The third-order valence-electron chi connectivity index (χ3n) is 11.0. The van der Waals surface area contributed by atoms with Gasteiger partial charge in [-0.1, -0.05) is 72.3 Å². The number of benzene rings is 4. The average Bonchev–Trinajstić information content (AvgIpc) is 3.64. The van der Waals surface area contributed by atoms with Gasteiger partial charge in [0.1, 0.15) is 47.5 Å². The van der Waals surface area contributed by atoms with Crippen LogP contribution in [0.1, 0.15) is 58.7 Å².